The van der Waals surface area contributed by atoms with E-state index in [9.17, 15) is 18.0 Å². The van der Waals surface area contributed by atoms with E-state index in [-0.39, 0.29) is 12.8 Å². The summed E-state index contributed by atoms with van der Waals surface area (Å²) in [4.78, 5) is 16.0. The van der Waals surface area contributed by atoms with Gasteiger partial charge in [0, 0.05) is 35.8 Å². The van der Waals surface area contributed by atoms with Crippen LogP contribution in [0.1, 0.15) is 47.3 Å². The van der Waals surface area contributed by atoms with Crippen molar-refractivity contribution < 1.29 is 18.0 Å². The zero-order valence-corrected chi connectivity index (χ0v) is 18.5. The van der Waals surface area contributed by atoms with Gasteiger partial charge in [0.2, 0.25) is 5.91 Å². The molecule has 0 bridgehead atoms. The molecule has 1 aromatic heterocycles. The number of alkyl halides is 3. The number of nitrogens with zero attached hydrogens (tertiary/aromatic N) is 1. The number of anilines is 2. The monoisotopic (exact) mass is 456 g/mol. The molecule has 3 nitrogen and oxygen atoms in total. The predicted molar refractivity (Wildman–Crippen MR) is 116 cm³/mol. The fourth-order valence-electron chi connectivity index (χ4n) is 4.23. The van der Waals surface area contributed by atoms with Crippen molar-refractivity contribution in [1.82, 2.24) is 0 Å². The Balaban J connectivity index is 1.50. The van der Waals surface area contributed by atoms with Crippen LogP contribution in [0.3, 0.4) is 0 Å². The van der Waals surface area contributed by atoms with Crippen LogP contribution in [-0.2, 0) is 17.8 Å². The quantitative estimate of drug-likeness (QED) is 0.559. The minimum absolute atomic E-state index is 0.0321. The van der Waals surface area contributed by atoms with E-state index in [2.05, 4.69) is 10.2 Å². The van der Waals surface area contributed by atoms with E-state index in [1.165, 1.54) is 10.4 Å². The molecule has 2 aromatic rings. The highest BCUT2D eigenvalue weighted by molar-refractivity contribution is 7.16. The average molecular weight is 457 g/mol. The molecule has 1 fully saturated rings. The lowest BCUT2D eigenvalue weighted by atomic mass is 10.0. The number of thiophene rings is 1. The fourth-order valence-corrected chi connectivity index (χ4v) is 5.58. The van der Waals surface area contributed by atoms with Crippen molar-refractivity contribution in [2.45, 2.75) is 58.7 Å². The Morgan fingerprint density at radius 3 is 2.50 bits per heavy atom. The Labute approximate surface area is 183 Å². The number of amides is 1. The molecule has 1 aliphatic heterocycles. The van der Waals surface area contributed by atoms with Crippen LogP contribution in [0.4, 0.5) is 24.5 Å². The summed E-state index contributed by atoms with van der Waals surface area (Å²) in [5.74, 6) is -0.573. The van der Waals surface area contributed by atoms with Crippen LogP contribution in [-0.4, -0.2) is 18.6 Å². The Morgan fingerprint density at radius 1 is 1.23 bits per heavy atom. The first-order valence-electron chi connectivity index (χ1n) is 10.1. The number of hydrogen-bond acceptors (Lipinski definition) is 3. The molecule has 1 amide bonds. The van der Waals surface area contributed by atoms with Crippen molar-refractivity contribution in [3.63, 3.8) is 0 Å². The molecule has 8 heteroatoms. The topological polar surface area (TPSA) is 32.3 Å². The smallest absolute Gasteiger partial charge is 0.367 e. The van der Waals surface area contributed by atoms with E-state index in [1.54, 1.807) is 11.3 Å². The number of carbonyl (C=O) groups excluding carboxylic acids is 1. The van der Waals surface area contributed by atoms with E-state index in [0.29, 0.717) is 5.69 Å². The molecule has 0 radical (unpaired) electrons. The molecule has 1 aromatic carbocycles. The first kappa shape index (κ1) is 21.5. The number of halogens is 4. The van der Waals surface area contributed by atoms with Crippen molar-refractivity contribution in [2.75, 3.05) is 16.8 Å². The number of rotatable bonds is 4. The van der Waals surface area contributed by atoms with Crippen LogP contribution >= 0.6 is 22.9 Å². The first-order valence-corrected chi connectivity index (χ1v) is 11.3. The third kappa shape index (κ3) is 4.19. The molecular weight excluding hydrogens is 433 g/mol. The second-order valence-electron chi connectivity index (χ2n) is 8.48. The Bertz CT molecular complexity index is 958. The molecule has 1 aliphatic carbocycles. The third-order valence-electron chi connectivity index (χ3n) is 6.16. The highest BCUT2D eigenvalue weighted by Gasteiger charge is 2.63. The third-order valence-corrected chi connectivity index (χ3v) is 7.53. The largest absolute Gasteiger partial charge is 0.395 e. The number of carbonyl (C=O) groups is 1. The van der Waals surface area contributed by atoms with E-state index < -0.39 is 23.9 Å². The van der Waals surface area contributed by atoms with Gasteiger partial charge in [-0.1, -0.05) is 11.6 Å². The Kier molecular flexibility index (Phi) is 5.56. The first-order chi connectivity index (χ1) is 14.1. The molecule has 0 spiro atoms. The van der Waals surface area contributed by atoms with Crippen LogP contribution < -0.4 is 10.2 Å². The van der Waals surface area contributed by atoms with Gasteiger partial charge in [0.15, 0.2) is 0 Å². The summed E-state index contributed by atoms with van der Waals surface area (Å²) in [6.07, 6.45) is -2.73. The summed E-state index contributed by atoms with van der Waals surface area (Å²) >= 11 is 7.82. The van der Waals surface area contributed by atoms with Crippen LogP contribution in [0, 0.1) is 19.3 Å². The number of benzene rings is 1. The van der Waals surface area contributed by atoms with Crippen molar-refractivity contribution >= 4 is 40.2 Å². The minimum atomic E-state index is -4.32. The second kappa shape index (κ2) is 7.75. The van der Waals surface area contributed by atoms with Gasteiger partial charge in [-0.3, -0.25) is 4.79 Å². The van der Waals surface area contributed by atoms with E-state index in [0.717, 1.165) is 47.1 Å². The summed E-state index contributed by atoms with van der Waals surface area (Å²) in [5, 5.41) is 2.73. The lowest BCUT2D eigenvalue weighted by molar-refractivity contribution is -0.189. The van der Waals surface area contributed by atoms with Gasteiger partial charge in [0.25, 0.3) is 0 Å². The molecule has 30 heavy (non-hydrogen) atoms. The maximum Gasteiger partial charge on any atom is 0.395 e. The number of aryl methyl sites for hydroxylation is 3. The number of fused-ring (bicyclic) bond motifs is 1. The number of hydrogen-bond donors (Lipinski definition) is 1. The van der Waals surface area contributed by atoms with E-state index >= 15 is 0 Å². The van der Waals surface area contributed by atoms with Crippen molar-refractivity contribution in [2.24, 2.45) is 5.41 Å². The van der Waals surface area contributed by atoms with E-state index in [1.807, 2.05) is 32.0 Å². The van der Waals surface area contributed by atoms with Crippen LogP contribution in [0.25, 0.3) is 0 Å². The van der Waals surface area contributed by atoms with Gasteiger partial charge >= 0.3 is 6.18 Å². The summed E-state index contributed by atoms with van der Waals surface area (Å²) in [7, 11) is 0. The van der Waals surface area contributed by atoms with Crippen LogP contribution in [0.15, 0.2) is 18.2 Å². The number of nitrogens with one attached hydrogen (secondary N) is 1. The van der Waals surface area contributed by atoms with Gasteiger partial charge in [-0.15, -0.1) is 11.3 Å². The SMILES string of the molecule is Cc1cc(N2CCCc3sc(Cl)cc3C2)cc(C)c1NC(=O)CC1(C(F)(F)F)CC1. The van der Waals surface area contributed by atoms with Gasteiger partial charge in [0.05, 0.1) is 9.75 Å². The lowest BCUT2D eigenvalue weighted by Gasteiger charge is -2.25. The van der Waals surface area contributed by atoms with Gasteiger partial charge in [-0.2, -0.15) is 13.2 Å². The van der Waals surface area contributed by atoms with Gasteiger partial charge in [-0.05, 0) is 74.4 Å². The van der Waals surface area contributed by atoms with Crippen molar-refractivity contribution in [3.05, 3.63) is 44.1 Å². The minimum Gasteiger partial charge on any atom is -0.367 e. The highest BCUT2D eigenvalue weighted by Crippen LogP contribution is 2.60. The normalized spacial score (nSPS) is 18.0. The molecule has 0 atom stereocenters. The molecule has 2 aliphatic rings. The molecule has 2 heterocycles. The van der Waals surface area contributed by atoms with Crippen LogP contribution in [0.5, 0.6) is 0 Å². The summed E-state index contributed by atoms with van der Waals surface area (Å²) in [6, 6.07) is 6.03. The highest BCUT2D eigenvalue weighted by atomic mass is 35.5. The molecule has 1 N–H and O–H groups in total. The molecule has 0 saturated heterocycles. The molecule has 4 rings (SSSR count). The van der Waals surface area contributed by atoms with E-state index in [4.69, 9.17) is 11.6 Å². The summed E-state index contributed by atoms with van der Waals surface area (Å²) in [5.41, 5.74) is 2.77. The fraction of sp³-hybridized carbons (Fsp3) is 0.500. The molecule has 0 unspecified atom stereocenters. The van der Waals surface area contributed by atoms with Gasteiger partial charge in [-0.25, -0.2) is 0 Å². The second-order valence-corrected chi connectivity index (χ2v) is 10.2. The van der Waals surface area contributed by atoms with Crippen molar-refractivity contribution in [3.8, 4) is 0 Å². The maximum atomic E-state index is 13.2. The maximum absolute atomic E-state index is 13.2. The predicted octanol–water partition coefficient (Wildman–Crippen LogP) is 6.64. The van der Waals surface area contributed by atoms with Crippen molar-refractivity contribution in [1.29, 1.82) is 0 Å². The summed E-state index contributed by atoms with van der Waals surface area (Å²) < 4.78 is 40.3. The lowest BCUT2D eigenvalue weighted by Crippen LogP contribution is -2.30. The van der Waals surface area contributed by atoms with Gasteiger partial charge < -0.3 is 10.2 Å². The standard InChI is InChI=1S/C22H24ClF3N2OS/c1-13-8-16(28-7-3-4-17-15(12-28)10-18(23)30-17)9-14(2)20(13)27-19(29)11-21(5-6-21)22(24,25)26/h8-10H,3-7,11-12H2,1-2H3,(H,27,29). The van der Waals surface area contributed by atoms with Crippen LogP contribution in [0.2, 0.25) is 4.34 Å². The molecule has 1 saturated carbocycles. The van der Waals surface area contributed by atoms with Gasteiger partial charge in [0.1, 0.15) is 0 Å². The zero-order valence-electron chi connectivity index (χ0n) is 17.0. The Hall–Kier alpha value is -1.73. The Morgan fingerprint density at radius 2 is 1.90 bits per heavy atom. The average Bonchev–Trinajstić information content (AvgIpc) is 3.38. The molecular formula is C22H24ClF3N2OS. The molecule has 162 valence electrons. The zero-order chi connectivity index (χ0) is 21.7. The summed E-state index contributed by atoms with van der Waals surface area (Å²) in [6.45, 7) is 5.45.